The highest BCUT2D eigenvalue weighted by Crippen LogP contribution is 2.19. The summed E-state index contributed by atoms with van der Waals surface area (Å²) in [5.74, 6) is -0.376. The van der Waals surface area contributed by atoms with Crippen molar-refractivity contribution < 1.29 is 19.4 Å². The van der Waals surface area contributed by atoms with Crippen molar-refractivity contribution in [2.75, 3.05) is 32.8 Å². The maximum absolute atomic E-state index is 12.0. The molecule has 0 radical (unpaired) electrons. The lowest BCUT2D eigenvalue weighted by molar-refractivity contribution is -0.127. The quantitative estimate of drug-likeness (QED) is 0.615. The fraction of sp³-hybridized carbons (Fsp3) is 0.833. The maximum Gasteiger partial charge on any atom is 0.314 e. The number of primary amides is 1. The van der Waals surface area contributed by atoms with Crippen LogP contribution in [-0.2, 0) is 9.53 Å². The Morgan fingerprint density at radius 2 is 2.32 bits per heavy atom. The summed E-state index contributed by atoms with van der Waals surface area (Å²) in [7, 11) is 0. The number of carbonyl (C=O) groups is 2. The summed E-state index contributed by atoms with van der Waals surface area (Å²) in [6.45, 7) is 1.93. The second-order valence-corrected chi connectivity index (χ2v) is 5.37. The molecule has 3 amide bonds. The minimum absolute atomic E-state index is 0.133. The van der Waals surface area contributed by atoms with Crippen molar-refractivity contribution >= 4 is 11.9 Å². The number of amides is 3. The highest BCUT2D eigenvalue weighted by Gasteiger charge is 2.34. The number of hydrogen-bond donors (Lipinski definition) is 3. The summed E-state index contributed by atoms with van der Waals surface area (Å²) in [5, 5.41) is 12.8. The lowest BCUT2D eigenvalue weighted by atomic mass is 9.96. The third kappa shape index (κ3) is 3.57. The van der Waals surface area contributed by atoms with E-state index in [1.165, 1.54) is 4.90 Å². The van der Waals surface area contributed by atoms with Crippen LogP contribution in [0, 0.1) is 5.92 Å². The summed E-state index contributed by atoms with van der Waals surface area (Å²) in [6, 6.07) is -0.486. The molecule has 0 aromatic carbocycles. The van der Waals surface area contributed by atoms with E-state index >= 15 is 0 Å². The molecule has 2 atom stereocenters. The highest BCUT2D eigenvalue weighted by atomic mass is 16.5. The molecule has 108 valence electrons. The number of aliphatic hydroxyl groups is 1. The Labute approximate surface area is 112 Å². The van der Waals surface area contributed by atoms with Crippen molar-refractivity contribution in [1.82, 2.24) is 10.2 Å². The van der Waals surface area contributed by atoms with Crippen LogP contribution in [-0.4, -0.2) is 60.4 Å². The monoisotopic (exact) mass is 271 g/mol. The molecule has 0 saturated carbocycles. The molecule has 2 fully saturated rings. The van der Waals surface area contributed by atoms with E-state index in [1.807, 2.05) is 0 Å². The van der Waals surface area contributed by atoms with Gasteiger partial charge in [0.25, 0.3) is 0 Å². The molecule has 2 rings (SSSR count). The van der Waals surface area contributed by atoms with Crippen molar-refractivity contribution in [3.8, 4) is 0 Å². The molecule has 19 heavy (non-hydrogen) atoms. The van der Waals surface area contributed by atoms with Gasteiger partial charge >= 0.3 is 6.03 Å². The van der Waals surface area contributed by atoms with Gasteiger partial charge in [0.15, 0.2) is 0 Å². The molecule has 2 heterocycles. The largest absolute Gasteiger partial charge is 0.386 e. The van der Waals surface area contributed by atoms with Crippen LogP contribution in [0.25, 0.3) is 0 Å². The number of nitrogens with one attached hydrogen (secondary N) is 1. The molecule has 0 aromatic rings. The van der Waals surface area contributed by atoms with Crippen LogP contribution in [0.15, 0.2) is 0 Å². The van der Waals surface area contributed by atoms with E-state index in [2.05, 4.69) is 5.32 Å². The fourth-order valence-electron chi connectivity index (χ4n) is 2.52. The van der Waals surface area contributed by atoms with E-state index in [9.17, 15) is 14.7 Å². The first-order valence-corrected chi connectivity index (χ1v) is 6.62. The van der Waals surface area contributed by atoms with Crippen LogP contribution in [0.4, 0.5) is 4.79 Å². The van der Waals surface area contributed by atoms with Crippen LogP contribution in [0.3, 0.4) is 0 Å². The first kappa shape index (κ1) is 14.1. The van der Waals surface area contributed by atoms with E-state index in [-0.39, 0.29) is 25.0 Å². The lowest BCUT2D eigenvalue weighted by Gasteiger charge is -2.31. The maximum atomic E-state index is 12.0. The number of piperidine rings is 1. The van der Waals surface area contributed by atoms with Gasteiger partial charge in [-0.3, -0.25) is 4.79 Å². The van der Waals surface area contributed by atoms with Crippen LogP contribution in [0.1, 0.15) is 19.3 Å². The third-order valence-corrected chi connectivity index (χ3v) is 3.78. The van der Waals surface area contributed by atoms with Crippen molar-refractivity contribution in [1.29, 1.82) is 0 Å². The zero-order valence-electron chi connectivity index (χ0n) is 10.9. The summed E-state index contributed by atoms with van der Waals surface area (Å²) < 4.78 is 5.12. The lowest BCUT2D eigenvalue weighted by Crippen LogP contribution is -2.50. The SMILES string of the molecule is NC(=O)N1CCCC(C(=O)NCC2(O)CCOC2)C1. The Hall–Kier alpha value is -1.34. The van der Waals surface area contributed by atoms with Crippen molar-refractivity contribution in [2.45, 2.75) is 24.9 Å². The molecule has 0 aliphatic carbocycles. The predicted molar refractivity (Wildman–Crippen MR) is 67.3 cm³/mol. The highest BCUT2D eigenvalue weighted by molar-refractivity contribution is 5.80. The Kier molecular flexibility index (Phi) is 4.26. The van der Waals surface area contributed by atoms with Gasteiger partial charge in [0.1, 0.15) is 5.60 Å². The third-order valence-electron chi connectivity index (χ3n) is 3.78. The van der Waals surface area contributed by atoms with Gasteiger partial charge in [-0.1, -0.05) is 0 Å². The van der Waals surface area contributed by atoms with E-state index in [0.717, 1.165) is 12.8 Å². The first-order valence-electron chi connectivity index (χ1n) is 6.62. The Morgan fingerprint density at radius 3 is 2.95 bits per heavy atom. The van der Waals surface area contributed by atoms with Gasteiger partial charge in [-0.05, 0) is 12.8 Å². The molecule has 7 nitrogen and oxygen atoms in total. The molecule has 0 bridgehead atoms. The summed E-state index contributed by atoms with van der Waals surface area (Å²) >= 11 is 0. The average molecular weight is 271 g/mol. The Bertz CT molecular complexity index is 355. The van der Waals surface area contributed by atoms with Gasteiger partial charge in [0, 0.05) is 32.7 Å². The van der Waals surface area contributed by atoms with E-state index in [4.69, 9.17) is 10.5 Å². The zero-order valence-corrected chi connectivity index (χ0v) is 10.9. The van der Waals surface area contributed by atoms with Crippen molar-refractivity contribution in [3.63, 3.8) is 0 Å². The van der Waals surface area contributed by atoms with E-state index < -0.39 is 11.6 Å². The van der Waals surface area contributed by atoms with Gasteiger partial charge in [-0.2, -0.15) is 0 Å². The number of ether oxygens (including phenoxy) is 1. The number of nitrogens with zero attached hydrogens (tertiary/aromatic N) is 1. The number of rotatable bonds is 3. The fourth-order valence-corrected chi connectivity index (χ4v) is 2.52. The van der Waals surface area contributed by atoms with Crippen LogP contribution < -0.4 is 11.1 Å². The predicted octanol–water partition coefficient (Wildman–Crippen LogP) is -0.955. The molecule has 0 aromatic heterocycles. The van der Waals surface area contributed by atoms with E-state index in [0.29, 0.717) is 26.1 Å². The average Bonchev–Trinajstić information content (AvgIpc) is 2.83. The second-order valence-electron chi connectivity index (χ2n) is 5.37. The molecule has 2 saturated heterocycles. The van der Waals surface area contributed by atoms with Crippen molar-refractivity contribution in [3.05, 3.63) is 0 Å². The van der Waals surface area contributed by atoms with Gasteiger partial charge in [0.05, 0.1) is 12.5 Å². The standard InChI is InChI=1S/C12H21N3O4/c13-11(17)15-4-1-2-9(6-15)10(16)14-7-12(18)3-5-19-8-12/h9,18H,1-8H2,(H2,13,17)(H,14,16). The molecular weight excluding hydrogens is 250 g/mol. The van der Waals surface area contributed by atoms with Gasteiger partial charge in [0.2, 0.25) is 5.91 Å². The molecule has 2 unspecified atom stereocenters. The summed E-state index contributed by atoms with van der Waals surface area (Å²) in [5.41, 5.74) is 4.27. The van der Waals surface area contributed by atoms with Gasteiger partial charge in [-0.25, -0.2) is 4.79 Å². The molecule has 0 spiro atoms. The Morgan fingerprint density at radius 1 is 1.53 bits per heavy atom. The number of likely N-dealkylation sites (tertiary alicyclic amines) is 1. The molecule has 4 N–H and O–H groups in total. The molecule has 2 aliphatic heterocycles. The Balaban J connectivity index is 1.80. The molecular formula is C12H21N3O4. The van der Waals surface area contributed by atoms with Crippen LogP contribution >= 0.6 is 0 Å². The normalized spacial score (nSPS) is 31.2. The molecule has 7 heteroatoms. The first-order chi connectivity index (χ1) is 9.00. The number of nitrogens with two attached hydrogens (primary N) is 1. The number of hydrogen-bond acceptors (Lipinski definition) is 4. The van der Waals surface area contributed by atoms with Gasteiger partial charge in [-0.15, -0.1) is 0 Å². The zero-order chi connectivity index (χ0) is 13.9. The minimum Gasteiger partial charge on any atom is -0.386 e. The minimum atomic E-state index is -0.951. The van der Waals surface area contributed by atoms with Gasteiger partial charge < -0.3 is 25.8 Å². The smallest absolute Gasteiger partial charge is 0.314 e. The van der Waals surface area contributed by atoms with Crippen LogP contribution in [0.2, 0.25) is 0 Å². The number of urea groups is 1. The van der Waals surface area contributed by atoms with Crippen LogP contribution in [0.5, 0.6) is 0 Å². The second kappa shape index (κ2) is 5.75. The molecule has 2 aliphatic rings. The van der Waals surface area contributed by atoms with E-state index in [1.54, 1.807) is 0 Å². The summed E-state index contributed by atoms with van der Waals surface area (Å²) in [6.07, 6.45) is 2.05. The van der Waals surface area contributed by atoms with Crippen molar-refractivity contribution in [2.24, 2.45) is 11.7 Å². The summed E-state index contributed by atoms with van der Waals surface area (Å²) in [4.78, 5) is 24.6. The topological polar surface area (TPSA) is 105 Å². The number of carbonyl (C=O) groups excluding carboxylic acids is 2.